The lowest BCUT2D eigenvalue weighted by Gasteiger charge is -2.25. The Bertz CT molecular complexity index is 972. The number of rotatable bonds is 8. The molecule has 35 heavy (non-hydrogen) atoms. The molecule has 0 saturated heterocycles. The summed E-state index contributed by atoms with van der Waals surface area (Å²) in [7, 11) is 0. The monoisotopic (exact) mass is 487 g/mol. The maximum absolute atomic E-state index is 13.3. The fraction of sp³-hybridized carbons (Fsp3) is 0.520. The highest BCUT2D eigenvalue weighted by molar-refractivity contribution is 5.97. The molecule has 3 rings (SSSR count). The first kappa shape index (κ1) is 26.2. The number of carboxylic acids is 1. The largest absolute Gasteiger partial charge is 0.484 e. The molecule has 0 bridgehead atoms. The van der Waals surface area contributed by atoms with E-state index in [1.807, 2.05) is 18.2 Å². The molecule has 1 aromatic rings. The molecule has 1 heterocycles. The smallest absolute Gasteiger partial charge is 0.321 e. The van der Waals surface area contributed by atoms with Gasteiger partial charge in [0, 0.05) is 31.3 Å². The third-order valence-electron chi connectivity index (χ3n) is 6.16. The second-order valence-corrected chi connectivity index (χ2v) is 9.26. The van der Waals surface area contributed by atoms with Crippen molar-refractivity contribution in [1.82, 2.24) is 20.9 Å². The molecular formula is C25H34FN5O4. The molecule has 1 aromatic heterocycles. The number of nitrogens with one attached hydrogen (secondary N) is 3. The number of hydrogen-bond donors (Lipinski definition) is 4. The van der Waals surface area contributed by atoms with Gasteiger partial charge in [-0.1, -0.05) is 32.8 Å². The number of amides is 2. The van der Waals surface area contributed by atoms with Gasteiger partial charge >= 0.3 is 12.0 Å². The minimum absolute atomic E-state index is 0.00547. The van der Waals surface area contributed by atoms with Crippen LogP contribution in [-0.2, 0) is 4.79 Å². The zero-order chi connectivity index (χ0) is 25.2. The minimum atomic E-state index is -0.980. The Hall–Kier alpha value is -3.43. The Balaban J connectivity index is 1.58. The fourth-order valence-corrected chi connectivity index (χ4v) is 3.88. The Labute approximate surface area is 205 Å². The van der Waals surface area contributed by atoms with Gasteiger partial charge in [0.05, 0.1) is 18.3 Å². The number of aromatic nitrogens is 1. The molecular weight excluding hydrogens is 453 g/mol. The van der Waals surface area contributed by atoms with Gasteiger partial charge in [-0.2, -0.15) is 0 Å². The van der Waals surface area contributed by atoms with Gasteiger partial charge in [-0.15, -0.1) is 0 Å². The Morgan fingerprint density at radius 3 is 2.71 bits per heavy atom. The van der Waals surface area contributed by atoms with Gasteiger partial charge in [0.2, 0.25) is 5.96 Å². The average molecular weight is 488 g/mol. The van der Waals surface area contributed by atoms with Gasteiger partial charge < -0.3 is 20.5 Å². The van der Waals surface area contributed by atoms with Crippen LogP contribution < -0.4 is 20.7 Å². The molecule has 2 atom stereocenters. The van der Waals surface area contributed by atoms with Crippen LogP contribution in [0, 0.1) is 23.6 Å². The summed E-state index contributed by atoms with van der Waals surface area (Å²) in [5.41, 5.74) is 0.734. The highest BCUT2D eigenvalue weighted by atomic mass is 19.1. The maximum Gasteiger partial charge on any atom is 0.321 e. The molecule has 2 amide bonds. The van der Waals surface area contributed by atoms with Crippen LogP contribution in [0.2, 0.25) is 0 Å². The van der Waals surface area contributed by atoms with Crippen LogP contribution in [0.1, 0.15) is 46.0 Å². The van der Waals surface area contributed by atoms with Gasteiger partial charge in [0.1, 0.15) is 17.7 Å². The van der Waals surface area contributed by atoms with Crippen molar-refractivity contribution in [3.05, 3.63) is 48.2 Å². The molecule has 1 saturated carbocycles. The van der Waals surface area contributed by atoms with Gasteiger partial charge in [0.25, 0.3) is 0 Å². The first-order valence-electron chi connectivity index (χ1n) is 12.0. The summed E-state index contributed by atoms with van der Waals surface area (Å²) in [4.78, 5) is 31.8. The zero-order valence-electron chi connectivity index (χ0n) is 20.2. The van der Waals surface area contributed by atoms with Crippen LogP contribution >= 0.6 is 0 Å². The van der Waals surface area contributed by atoms with E-state index in [1.165, 1.54) is 32.0 Å². The summed E-state index contributed by atoms with van der Waals surface area (Å²) in [6.07, 6.45) is 13.0. The number of allylic oxidation sites excluding steroid dienone is 1. The van der Waals surface area contributed by atoms with Gasteiger partial charge in [-0.05, 0) is 36.8 Å². The Morgan fingerprint density at radius 2 is 2.06 bits per heavy atom. The lowest BCUT2D eigenvalue weighted by molar-refractivity contribution is -0.140. The molecule has 0 aromatic carbocycles. The second kappa shape index (κ2) is 12.9. The Kier molecular flexibility index (Phi) is 9.63. The van der Waals surface area contributed by atoms with Gasteiger partial charge in [-0.3, -0.25) is 20.1 Å². The number of nitrogens with zero attached hydrogens (tertiary/aromatic N) is 2. The van der Waals surface area contributed by atoms with E-state index in [0.29, 0.717) is 30.6 Å². The van der Waals surface area contributed by atoms with Crippen molar-refractivity contribution >= 4 is 18.0 Å². The van der Waals surface area contributed by atoms with E-state index < -0.39 is 23.7 Å². The first-order valence-corrected chi connectivity index (χ1v) is 12.0. The van der Waals surface area contributed by atoms with E-state index in [9.17, 15) is 14.0 Å². The number of aliphatic carboxylic acids is 1. The molecule has 190 valence electrons. The number of aliphatic imine (C=N–C) groups is 1. The van der Waals surface area contributed by atoms with Gasteiger partial charge in [0.15, 0.2) is 0 Å². The summed E-state index contributed by atoms with van der Waals surface area (Å²) in [5.74, 6) is -0.288. The number of hydrogen-bond acceptors (Lipinski definition) is 5. The van der Waals surface area contributed by atoms with Crippen LogP contribution in [0.3, 0.4) is 0 Å². The van der Waals surface area contributed by atoms with Crippen molar-refractivity contribution in [3.8, 4) is 5.75 Å². The lowest BCUT2D eigenvalue weighted by atomic mass is 9.83. The average Bonchev–Trinajstić information content (AvgIpc) is 2.83. The van der Waals surface area contributed by atoms with Crippen molar-refractivity contribution in [2.24, 2.45) is 22.7 Å². The Morgan fingerprint density at radius 1 is 1.29 bits per heavy atom. The molecule has 0 aliphatic heterocycles. The molecule has 1 unspecified atom stereocenters. The van der Waals surface area contributed by atoms with Crippen molar-refractivity contribution in [2.45, 2.75) is 52.1 Å². The minimum Gasteiger partial charge on any atom is -0.484 e. The van der Waals surface area contributed by atoms with E-state index in [0.717, 1.165) is 30.7 Å². The fourth-order valence-electron chi connectivity index (χ4n) is 3.88. The summed E-state index contributed by atoms with van der Waals surface area (Å²) >= 11 is 0. The van der Waals surface area contributed by atoms with E-state index >= 15 is 0 Å². The highest BCUT2D eigenvalue weighted by Crippen LogP contribution is 2.28. The summed E-state index contributed by atoms with van der Waals surface area (Å²) in [6, 6.07) is 0.755. The predicted molar refractivity (Wildman–Crippen MR) is 130 cm³/mol. The quantitative estimate of drug-likeness (QED) is 0.328. The van der Waals surface area contributed by atoms with Crippen molar-refractivity contribution < 1.29 is 23.8 Å². The summed E-state index contributed by atoms with van der Waals surface area (Å²) < 4.78 is 19.1. The van der Waals surface area contributed by atoms with E-state index in [1.54, 1.807) is 0 Å². The normalized spacial score (nSPS) is 23.1. The number of carboxylic acid groups (broad SMARTS) is 1. The molecule has 2 aliphatic rings. The third-order valence-corrected chi connectivity index (χ3v) is 6.16. The SMILES string of the molecule is CC1CCC(CN=C(NC(=O)NC[C@H](C)C(=O)O)NC2=CCC(Oc3cncc(F)c3)C=C2)CC1. The zero-order valence-corrected chi connectivity index (χ0v) is 20.2. The highest BCUT2D eigenvalue weighted by Gasteiger charge is 2.19. The molecule has 0 radical (unpaired) electrons. The molecule has 2 aliphatic carbocycles. The predicted octanol–water partition coefficient (Wildman–Crippen LogP) is 3.60. The van der Waals surface area contributed by atoms with Gasteiger partial charge in [-0.25, -0.2) is 9.18 Å². The molecule has 9 nitrogen and oxygen atoms in total. The lowest BCUT2D eigenvalue weighted by Crippen LogP contribution is -2.47. The van der Waals surface area contributed by atoms with Crippen molar-refractivity contribution in [1.29, 1.82) is 0 Å². The van der Waals surface area contributed by atoms with Crippen LogP contribution in [0.15, 0.2) is 47.4 Å². The molecule has 1 fully saturated rings. The van der Waals surface area contributed by atoms with Crippen molar-refractivity contribution in [3.63, 3.8) is 0 Å². The summed E-state index contributed by atoms with van der Waals surface area (Å²) in [5, 5.41) is 17.4. The number of ether oxygens (including phenoxy) is 1. The number of halogens is 1. The number of carbonyl (C=O) groups excluding carboxylic acids is 1. The first-order chi connectivity index (χ1) is 16.8. The van der Waals surface area contributed by atoms with E-state index in [4.69, 9.17) is 9.84 Å². The van der Waals surface area contributed by atoms with Crippen LogP contribution in [0.5, 0.6) is 5.75 Å². The summed E-state index contributed by atoms with van der Waals surface area (Å²) in [6.45, 7) is 4.39. The molecule has 10 heteroatoms. The van der Waals surface area contributed by atoms with Crippen LogP contribution in [0.4, 0.5) is 9.18 Å². The maximum atomic E-state index is 13.3. The van der Waals surface area contributed by atoms with Crippen LogP contribution in [0.25, 0.3) is 0 Å². The third kappa shape index (κ3) is 9.03. The number of carbonyl (C=O) groups is 2. The number of guanidine groups is 1. The second-order valence-electron chi connectivity index (χ2n) is 9.26. The number of pyridine rings is 1. The van der Waals surface area contributed by atoms with Crippen molar-refractivity contribution in [2.75, 3.05) is 13.1 Å². The topological polar surface area (TPSA) is 125 Å². The van der Waals surface area contributed by atoms with E-state index in [-0.39, 0.29) is 12.6 Å². The standard InChI is InChI=1S/C25H34FN5O4/c1-16-3-5-18(6-4-16)13-28-24(31-25(34)29-12-17(2)23(32)33)30-20-7-9-21(10-8-20)35-22-11-19(26)14-27-15-22/h7-9,11,14-18,21H,3-6,10,12-13H2,1-2H3,(H,32,33)(H3,28,29,30,31,34)/t16?,17-,18?,21?/m0/s1. The molecule has 0 spiro atoms. The molecule has 4 N–H and O–H groups in total. The van der Waals surface area contributed by atoms with Crippen LogP contribution in [-0.4, -0.2) is 47.2 Å². The van der Waals surface area contributed by atoms with E-state index in [2.05, 4.69) is 32.9 Å². The number of urea groups is 1.